The summed E-state index contributed by atoms with van der Waals surface area (Å²) in [5, 5.41) is 0. The molecule has 0 saturated carbocycles. The smallest absolute Gasteiger partial charge is 0.223 e. The first-order valence-corrected chi connectivity index (χ1v) is 5.67. The Labute approximate surface area is 95.8 Å². The molecule has 0 N–H and O–H groups in total. The molecule has 2 rings (SSSR count). The van der Waals surface area contributed by atoms with Gasteiger partial charge in [0.05, 0.1) is 6.04 Å². The summed E-state index contributed by atoms with van der Waals surface area (Å²) < 4.78 is 0. The van der Waals surface area contributed by atoms with Crippen LogP contribution < -0.4 is 0 Å². The fourth-order valence-corrected chi connectivity index (χ4v) is 2.04. The minimum absolute atomic E-state index is 0.158. The second-order valence-electron chi connectivity index (χ2n) is 3.91. The Hall–Kier alpha value is -1.64. The van der Waals surface area contributed by atoms with E-state index in [9.17, 15) is 4.79 Å². The number of nitrogens with zero attached hydrogens (tertiary/aromatic N) is 2. The van der Waals surface area contributed by atoms with Gasteiger partial charge in [-0.25, -0.2) is 0 Å². The fraction of sp³-hybridized carbons (Fsp3) is 0.385. The summed E-state index contributed by atoms with van der Waals surface area (Å²) in [5.74, 6) is 0.207. The zero-order valence-electron chi connectivity index (χ0n) is 9.47. The van der Waals surface area contributed by atoms with Gasteiger partial charge in [-0.05, 0) is 18.1 Å². The molecule has 1 amide bonds. The Bertz CT molecular complexity index is 386. The van der Waals surface area contributed by atoms with Crippen LogP contribution in [0.4, 0.5) is 0 Å². The van der Waals surface area contributed by atoms with Gasteiger partial charge in [-0.15, -0.1) is 0 Å². The molecular weight excluding hydrogens is 200 g/mol. The Morgan fingerprint density at radius 3 is 3.12 bits per heavy atom. The van der Waals surface area contributed by atoms with Crippen molar-refractivity contribution >= 4 is 5.91 Å². The molecule has 0 fully saturated rings. The zero-order valence-corrected chi connectivity index (χ0v) is 9.47. The van der Waals surface area contributed by atoms with Gasteiger partial charge in [0.2, 0.25) is 5.91 Å². The van der Waals surface area contributed by atoms with Gasteiger partial charge in [0, 0.05) is 25.4 Å². The summed E-state index contributed by atoms with van der Waals surface area (Å²) in [6.45, 7) is 2.62. The molecule has 3 heteroatoms. The molecule has 0 saturated heterocycles. The maximum atomic E-state index is 11.8. The SMILES string of the molecule is CCC(=O)N1CC=CCC1c1cccnc1. The molecule has 1 aliphatic rings. The second kappa shape index (κ2) is 4.92. The van der Waals surface area contributed by atoms with Crippen LogP contribution in [0.25, 0.3) is 0 Å². The molecule has 1 aliphatic heterocycles. The van der Waals surface area contributed by atoms with Crippen LogP contribution in [0, 0.1) is 0 Å². The maximum absolute atomic E-state index is 11.8. The van der Waals surface area contributed by atoms with E-state index in [2.05, 4.69) is 17.1 Å². The van der Waals surface area contributed by atoms with E-state index in [-0.39, 0.29) is 11.9 Å². The lowest BCUT2D eigenvalue weighted by Crippen LogP contribution is -2.36. The highest BCUT2D eigenvalue weighted by Crippen LogP contribution is 2.27. The van der Waals surface area contributed by atoms with Gasteiger partial charge in [0.25, 0.3) is 0 Å². The number of carbonyl (C=O) groups is 1. The van der Waals surface area contributed by atoms with E-state index in [4.69, 9.17) is 0 Å². The van der Waals surface area contributed by atoms with Crippen molar-refractivity contribution in [2.45, 2.75) is 25.8 Å². The molecule has 1 unspecified atom stereocenters. The van der Waals surface area contributed by atoms with E-state index >= 15 is 0 Å². The molecule has 0 bridgehead atoms. The average molecular weight is 216 g/mol. The average Bonchev–Trinajstić information content (AvgIpc) is 2.39. The van der Waals surface area contributed by atoms with Gasteiger partial charge in [-0.2, -0.15) is 0 Å². The number of amides is 1. The predicted octanol–water partition coefficient (Wildman–Crippen LogP) is 2.32. The fourth-order valence-electron chi connectivity index (χ4n) is 2.04. The Morgan fingerprint density at radius 1 is 1.56 bits per heavy atom. The zero-order chi connectivity index (χ0) is 11.4. The summed E-state index contributed by atoms with van der Waals surface area (Å²) >= 11 is 0. The lowest BCUT2D eigenvalue weighted by atomic mass is 10.0. The van der Waals surface area contributed by atoms with Crippen molar-refractivity contribution in [3.05, 3.63) is 42.2 Å². The van der Waals surface area contributed by atoms with E-state index < -0.39 is 0 Å². The van der Waals surface area contributed by atoms with Crippen molar-refractivity contribution in [1.82, 2.24) is 9.88 Å². The largest absolute Gasteiger partial charge is 0.332 e. The first-order chi connectivity index (χ1) is 7.83. The summed E-state index contributed by atoms with van der Waals surface area (Å²) in [6.07, 6.45) is 9.24. The van der Waals surface area contributed by atoms with Gasteiger partial charge >= 0.3 is 0 Å². The van der Waals surface area contributed by atoms with Crippen LogP contribution in [-0.4, -0.2) is 22.3 Å². The maximum Gasteiger partial charge on any atom is 0.223 e. The molecule has 0 aromatic carbocycles. The van der Waals surface area contributed by atoms with Gasteiger partial charge in [-0.3, -0.25) is 9.78 Å². The molecule has 2 heterocycles. The van der Waals surface area contributed by atoms with E-state index in [0.29, 0.717) is 13.0 Å². The summed E-state index contributed by atoms with van der Waals surface area (Å²) in [6, 6.07) is 4.11. The third-order valence-electron chi connectivity index (χ3n) is 2.90. The lowest BCUT2D eigenvalue weighted by molar-refractivity contribution is -0.133. The number of hydrogen-bond donors (Lipinski definition) is 0. The van der Waals surface area contributed by atoms with Crippen LogP contribution in [0.2, 0.25) is 0 Å². The highest BCUT2D eigenvalue weighted by atomic mass is 16.2. The second-order valence-corrected chi connectivity index (χ2v) is 3.91. The quantitative estimate of drug-likeness (QED) is 0.711. The number of carbonyl (C=O) groups excluding carboxylic acids is 1. The number of aromatic nitrogens is 1. The first kappa shape index (κ1) is 10.9. The Balaban J connectivity index is 2.24. The van der Waals surface area contributed by atoms with Crippen molar-refractivity contribution in [2.75, 3.05) is 6.54 Å². The van der Waals surface area contributed by atoms with Crippen molar-refractivity contribution in [3.8, 4) is 0 Å². The molecular formula is C13H16N2O. The number of rotatable bonds is 2. The summed E-state index contributed by atoms with van der Waals surface area (Å²) in [4.78, 5) is 17.9. The molecule has 3 nitrogen and oxygen atoms in total. The van der Waals surface area contributed by atoms with Crippen LogP contribution in [0.15, 0.2) is 36.7 Å². The molecule has 84 valence electrons. The first-order valence-electron chi connectivity index (χ1n) is 5.67. The summed E-state index contributed by atoms with van der Waals surface area (Å²) in [7, 11) is 0. The van der Waals surface area contributed by atoms with Gasteiger partial charge in [-0.1, -0.05) is 25.1 Å². The van der Waals surface area contributed by atoms with Crippen molar-refractivity contribution < 1.29 is 4.79 Å². The topological polar surface area (TPSA) is 33.2 Å². The molecule has 0 radical (unpaired) electrons. The number of pyridine rings is 1. The minimum atomic E-state index is 0.158. The van der Waals surface area contributed by atoms with Crippen LogP contribution in [0.1, 0.15) is 31.4 Å². The van der Waals surface area contributed by atoms with Gasteiger partial charge in [0.15, 0.2) is 0 Å². The van der Waals surface area contributed by atoms with E-state index in [1.807, 2.05) is 30.2 Å². The van der Waals surface area contributed by atoms with E-state index in [0.717, 1.165) is 12.0 Å². The standard InChI is InChI=1S/C13H16N2O/c1-2-13(16)15-9-4-3-7-12(15)11-6-5-8-14-10-11/h3-6,8,10,12H,2,7,9H2,1H3. The third-order valence-corrected chi connectivity index (χ3v) is 2.90. The van der Waals surface area contributed by atoms with Crippen LogP contribution >= 0.6 is 0 Å². The van der Waals surface area contributed by atoms with Gasteiger partial charge < -0.3 is 4.90 Å². The van der Waals surface area contributed by atoms with Crippen molar-refractivity contribution in [3.63, 3.8) is 0 Å². The molecule has 0 spiro atoms. The van der Waals surface area contributed by atoms with Crippen LogP contribution in [0.5, 0.6) is 0 Å². The Morgan fingerprint density at radius 2 is 2.44 bits per heavy atom. The van der Waals surface area contributed by atoms with E-state index in [1.54, 1.807) is 6.20 Å². The summed E-state index contributed by atoms with van der Waals surface area (Å²) in [5.41, 5.74) is 1.12. The molecule has 0 aliphatic carbocycles. The lowest BCUT2D eigenvalue weighted by Gasteiger charge is -2.33. The molecule has 1 atom stereocenters. The molecule has 16 heavy (non-hydrogen) atoms. The van der Waals surface area contributed by atoms with Crippen molar-refractivity contribution in [1.29, 1.82) is 0 Å². The van der Waals surface area contributed by atoms with Crippen LogP contribution in [0.3, 0.4) is 0 Å². The van der Waals surface area contributed by atoms with Crippen LogP contribution in [-0.2, 0) is 4.79 Å². The highest BCUT2D eigenvalue weighted by molar-refractivity contribution is 5.76. The van der Waals surface area contributed by atoms with Crippen molar-refractivity contribution in [2.24, 2.45) is 0 Å². The molecule has 1 aromatic heterocycles. The highest BCUT2D eigenvalue weighted by Gasteiger charge is 2.24. The minimum Gasteiger partial charge on any atom is -0.332 e. The molecule has 1 aromatic rings. The van der Waals surface area contributed by atoms with E-state index in [1.165, 1.54) is 0 Å². The van der Waals surface area contributed by atoms with Gasteiger partial charge in [0.1, 0.15) is 0 Å². The third kappa shape index (κ3) is 2.13. The normalized spacial score (nSPS) is 19.8. The monoisotopic (exact) mass is 216 g/mol. The number of hydrogen-bond acceptors (Lipinski definition) is 2. The Kier molecular flexibility index (Phi) is 3.34. The predicted molar refractivity (Wildman–Crippen MR) is 62.7 cm³/mol.